The van der Waals surface area contributed by atoms with E-state index in [2.05, 4.69) is 17.9 Å². The van der Waals surface area contributed by atoms with Crippen molar-refractivity contribution >= 4 is 33.6 Å². The highest BCUT2D eigenvalue weighted by Crippen LogP contribution is 2.37. The lowest BCUT2D eigenvalue weighted by Crippen LogP contribution is -2.55. The minimum Gasteiger partial charge on any atom is -0.310 e. The van der Waals surface area contributed by atoms with Crippen molar-refractivity contribution in [1.82, 2.24) is 13.5 Å². The van der Waals surface area contributed by atoms with Gasteiger partial charge >= 0.3 is 0 Å². The average molecular weight is 481 g/mol. The maximum atomic E-state index is 13.2. The summed E-state index contributed by atoms with van der Waals surface area (Å²) in [4.78, 5) is 18.4. The van der Waals surface area contributed by atoms with E-state index in [-0.39, 0.29) is 11.9 Å². The smallest absolute Gasteiger partial charge is 0.282 e. The first-order chi connectivity index (χ1) is 15.4. The second-order valence-corrected chi connectivity index (χ2v) is 12.7. The van der Waals surface area contributed by atoms with Crippen LogP contribution in [0.2, 0.25) is 0 Å². The molecule has 2 aliphatic heterocycles. The molecule has 0 N–H and O–H groups in total. The topological polar surface area (TPSA) is 64.2 Å². The number of rotatable bonds is 5. The second kappa shape index (κ2) is 10.4. The molecule has 0 bridgehead atoms. The van der Waals surface area contributed by atoms with E-state index in [9.17, 15) is 13.2 Å². The van der Waals surface area contributed by atoms with Gasteiger partial charge in [0.1, 0.15) is 0 Å². The Morgan fingerprint density at radius 1 is 1.03 bits per heavy atom. The Morgan fingerprint density at radius 2 is 1.72 bits per heavy atom. The first-order valence-electron chi connectivity index (χ1n) is 11.9. The molecule has 7 nitrogen and oxygen atoms in total. The molecule has 1 aliphatic carbocycles. The SMILES string of the molecule is CC1CCN(C(=O)CN2CCN(S(=O)(=O)N(C)C3CCCCC3)CC2)c2ccccc2S1. The molecule has 2 heterocycles. The summed E-state index contributed by atoms with van der Waals surface area (Å²) >= 11 is 1.83. The van der Waals surface area contributed by atoms with Crippen LogP contribution in [0.1, 0.15) is 45.4 Å². The fourth-order valence-corrected chi connectivity index (χ4v) is 7.65. The maximum Gasteiger partial charge on any atom is 0.282 e. The number of fused-ring (bicyclic) bond motifs is 1. The number of thioether (sulfide) groups is 1. The molecule has 1 aromatic carbocycles. The predicted molar refractivity (Wildman–Crippen MR) is 130 cm³/mol. The van der Waals surface area contributed by atoms with E-state index < -0.39 is 10.2 Å². The molecular weight excluding hydrogens is 444 g/mol. The molecule has 0 aromatic heterocycles. The van der Waals surface area contributed by atoms with Crippen molar-refractivity contribution in [3.05, 3.63) is 24.3 Å². The Hall–Kier alpha value is -1.13. The Morgan fingerprint density at radius 3 is 2.44 bits per heavy atom. The summed E-state index contributed by atoms with van der Waals surface area (Å²) in [6.45, 7) is 5.32. The zero-order valence-electron chi connectivity index (χ0n) is 19.3. The molecule has 1 aromatic rings. The third-order valence-corrected chi connectivity index (χ3v) is 10.3. The van der Waals surface area contributed by atoms with Gasteiger partial charge in [-0.25, -0.2) is 0 Å². The van der Waals surface area contributed by atoms with Gasteiger partial charge in [-0.2, -0.15) is 17.0 Å². The molecule has 1 saturated heterocycles. The fraction of sp³-hybridized carbons (Fsp3) is 0.696. The van der Waals surface area contributed by atoms with Gasteiger partial charge in [0.25, 0.3) is 10.2 Å². The molecule has 2 fully saturated rings. The van der Waals surface area contributed by atoms with Crippen LogP contribution in [0.5, 0.6) is 0 Å². The number of carbonyl (C=O) groups is 1. The monoisotopic (exact) mass is 480 g/mol. The van der Waals surface area contributed by atoms with Crippen LogP contribution in [0.25, 0.3) is 0 Å². The molecule has 9 heteroatoms. The normalized spacial score (nSPS) is 24.3. The van der Waals surface area contributed by atoms with E-state index in [4.69, 9.17) is 0 Å². The van der Waals surface area contributed by atoms with Crippen molar-refractivity contribution in [2.24, 2.45) is 0 Å². The van der Waals surface area contributed by atoms with E-state index in [0.29, 0.717) is 38.0 Å². The van der Waals surface area contributed by atoms with Crippen molar-refractivity contribution in [2.75, 3.05) is 51.2 Å². The number of anilines is 1. The lowest BCUT2D eigenvalue weighted by Gasteiger charge is -2.39. The molecule has 4 rings (SSSR count). The minimum absolute atomic E-state index is 0.0998. The van der Waals surface area contributed by atoms with Crippen LogP contribution in [0.4, 0.5) is 5.69 Å². The van der Waals surface area contributed by atoms with Crippen molar-refractivity contribution in [3.8, 4) is 0 Å². The highest BCUT2D eigenvalue weighted by Gasteiger charge is 2.35. The van der Waals surface area contributed by atoms with Gasteiger partial charge in [-0.05, 0) is 31.4 Å². The van der Waals surface area contributed by atoms with Crippen LogP contribution in [0.3, 0.4) is 0 Å². The van der Waals surface area contributed by atoms with Crippen molar-refractivity contribution in [3.63, 3.8) is 0 Å². The molecule has 1 atom stereocenters. The molecule has 1 saturated carbocycles. The molecule has 0 radical (unpaired) electrons. The summed E-state index contributed by atoms with van der Waals surface area (Å²) in [6.07, 6.45) is 6.30. The second-order valence-electron chi connectivity index (χ2n) is 9.22. The molecular formula is C23H36N4O3S2. The highest BCUT2D eigenvalue weighted by atomic mass is 32.2. The number of hydrogen-bond donors (Lipinski definition) is 0. The van der Waals surface area contributed by atoms with E-state index in [1.54, 1.807) is 15.7 Å². The Bertz CT molecular complexity index is 896. The first kappa shape index (κ1) is 24.0. The zero-order chi connectivity index (χ0) is 22.7. The molecule has 178 valence electrons. The standard InChI is InChI=1S/C23H36N4O3S2/c1-19-12-13-27(21-10-6-7-11-22(21)31-19)23(28)18-25-14-16-26(17-15-25)32(29,30)24(2)20-8-4-3-5-9-20/h6-7,10-11,19-20H,3-5,8-9,12-18H2,1-2H3. The summed E-state index contributed by atoms with van der Waals surface area (Å²) in [5.41, 5.74) is 1.00. The summed E-state index contributed by atoms with van der Waals surface area (Å²) in [5.74, 6) is 0.0998. The number of amides is 1. The quantitative estimate of drug-likeness (QED) is 0.648. The van der Waals surface area contributed by atoms with Gasteiger partial charge in [-0.3, -0.25) is 9.69 Å². The number of piperazine rings is 1. The highest BCUT2D eigenvalue weighted by molar-refractivity contribution is 8.00. The predicted octanol–water partition coefficient (Wildman–Crippen LogP) is 3.03. The van der Waals surface area contributed by atoms with E-state index in [1.165, 1.54) is 6.42 Å². The number of hydrogen-bond acceptors (Lipinski definition) is 5. The Labute approximate surface area is 197 Å². The van der Waals surface area contributed by atoms with Crippen LogP contribution in [-0.2, 0) is 15.0 Å². The van der Waals surface area contributed by atoms with E-state index >= 15 is 0 Å². The Kier molecular flexibility index (Phi) is 7.82. The summed E-state index contributed by atoms with van der Waals surface area (Å²) in [7, 11) is -1.71. The van der Waals surface area contributed by atoms with Crippen LogP contribution in [0.15, 0.2) is 29.2 Å². The van der Waals surface area contributed by atoms with Gasteiger partial charge in [0, 0.05) is 56.0 Å². The maximum absolute atomic E-state index is 13.2. The first-order valence-corrected chi connectivity index (χ1v) is 14.2. The van der Waals surface area contributed by atoms with Gasteiger partial charge in [0.2, 0.25) is 5.91 Å². The number of benzene rings is 1. The van der Waals surface area contributed by atoms with Gasteiger partial charge in [-0.1, -0.05) is 38.3 Å². The third-order valence-electron chi connectivity index (χ3n) is 7.01. The largest absolute Gasteiger partial charge is 0.310 e. The number of carbonyl (C=O) groups excluding carboxylic acids is 1. The van der Waals surface area contributed by atoms with Gasteiger partial charge < -0.3 is 4.90 Å². The van der Waals surface area contributed by atoms with Crippen LogP contribution in [0, 0.1) is 0 Å². The van der Waals surface area contributed by atoms with E-state index in [1.807, 2.05) is 34.9 Å². The lowest BCUT2D eigenvalue weighted by molar-refractivity contribution is -0.120. The average Bonchev–Trinajstić information content (AvgIpc) is 2.97. The molecule has 3 aliphatic rings. The number of nitrogens with zero attached hydrogens (tertiary/aromatic N) is 4. The Balaban J connectivity index is 1.34. The summed E-state index contributed by atoms with van der Waals surface area (Å²) in [6, 6.07) is 8.26. The molecule has 32 heavy (non-hydrogen) atoms. The minimum atomic E-state index is -3.44. The van der Waals surface area contributed by atoms with Crippen molar-refractivity contribution in [1.29, 1.82) is 0 Å². The number of para-hydroxylation sites is 1. The fourth-order valence-electron chi connectivity index (χ4n) is 4.96. The summed E-state index contributed by atoms with van der Waals surface area (Å²) in [5, 5.41) is 0.476. The zero-order valence-corrected chi connectivity index (χ0v) is 20.9. The molecule has 1 unspecified atom stereocenters. The van der Waals surface area contributed by atoms with Gasteiger partial charge in [0.05, 0.1) is 12.2 Å². The van der Waals surface area contributed by atoms with Crippen molar-refractivity contribution < 1.29 is 13.2 Å². The van der Waals surface area contributed by atoms with Crippen LogP contribution >= 0.6 is 11.8 Å². The van der Waals surface area contributed by atoms with E-state index in [0.717, 1.165) is 49.2 Å². The molecule has 1 amide bonds. The lowest BCUT2D eigenvalue weighted by atomic mass is 9.96. The summed E-state index contributed by atoms with van der Waals surface area (Å²) < 4.78 is 29.4. The van der Waals surface area contributed by atoms with Crippen LogP contribution in [-0.4, -0.2) is 85.4 Å². The van der Waals surface area contributed by atoms with Crippen LogP contribution < -0.4 is 4.90 Å². The van der Waals surface area contributed by atoms with Gasteiger partial charge in [-0.15, -0.1) is 11.8 Å². The third kappa shape index (κ3) is 5.33. The van der Waals surface area contributed by atoms with Gasteiger partial charge in [0.15, 0.2) is 0 Å². The molecule has 0 spiro atoms. The van der Waals surface area contributed by atoms with Crippen molar-refractivity contribution in [2.45, 2.75) is 61.6 Å².